The SMILES string of the molecule is CCN(c1ccc(C(=O)O)cc1)c1nc(-c2ccc(NC(=O)c3ccccc3)cc2)cs1. The highest BCUT2D eigenvalue weighted by Gasteiger charge is 2.14. The number of carbonyl (C=O) groups is 2. The number of rotatable bonds is 7. The lowest BCUT2D eigenvalue weighted by Gasteiger charge is -2.20. The van der Waals surface area contributed by atoms with E-state index in [0.29, 0.717) is 17.8 Å². The molecule has 0 radical (unpaired) electrons. The molecule has 4 aromatic rings. The minimum Gasteiger partial charge on any atom is -0.478 e. The quantitative estimate of drug-likeness (QED) is 0.371. The summed E-state index contributed by atoms with van der Waals surface area (Å²) in [6.07, 6.45) is 0. The van der Waals surface area contributed by atoms with E-state index in [4.69, 9.17) is 10.1 Å². The lowest BCUT2D eigenvalue weighted by Crippen LogP contribution is -2.15. The first kappa shape index (κ1) is 21.3. The summed E-state index contributed by atoms with van der Waals surface area (Å²) in [5.74, 6) is -1.10. The number of hydrogen-bond acceptors (Lipinski definition) is 5. The minimum atomic E-state index is -0.945. The Balaban J connectivity index is 1.49. The minimum absolute atomic E-state index is 0.151. The number of aromatic carboxylic acids is 1. The van der Waals surface area contributed by atoms with Crippen LogP contribution in [0.3, 0.4) is 0 Å². The molecule has 0 spiro atoms. The van der Waals surface area contributed by atoms with Crippen LogP contribution in [0.25, 0.3) is 11.3 Å². The van der Waals surface area contributed by atoms with Crippen LogP contribution in [0.2, 0.25) is 0 Å². The number of anilines is 3. The average molecular weight is 444 g/mol. The Morgan fingerprint density at radius 2 is 1.62 bits per heavy atom. The maximum Gasteiger partial charge on any atom is 0.335 e. The van der Waals surface area contributed by atoms with Gasteiger partial charge in [-0.3, -0.25) is 4.79 Å². The normalized spacial score (nSPS) is 10.5. The van der Waals surface area contributed by atoms with Crippen molar-refractivity contribution in [2.45, 2.75) is 6.92 Å². The molecule has 1 heterocycles. The van der Waals surface area contributed by atoms with E-state index in [-0.39, 0.29) is 11.5 Å². The fourth-order valence-electron chi connectivity index (χ4n) is 3.25. The number of carboxylic acids is 1. The van der Waals surface area contributed by atoms with E-state index in [1.54, 1.807) is 36.4 Å². The largest absolute Gasteiger partial charge is 0.478 e. The van der Waals surface area contributed by atoms with Gasteiger partial charge in [-0.15, -0.1) is 11.3 Å². The van der Waals surface area contributed by atoms with Crippen LogP contribution >= 0.6 is 11.3 Å². The van der Waals surface area contributed by atoms with E-state index in [1.807, 2.05) is 59.7 Å². The molecule has 0 aliphatic carbocycles. The molecule has 6 nitrogen and oxygen atoms in total. The molecule has 0 aliphatic rings. The summed E-state index contributed by atoms with van der Waals surface area (Å²) in [5, 5.41) is 14.8. The second kappa shape index (κ2) is 9.45. The maximum atomic E-state index is 12.3. The van der Waals surface area contributed by atoms with Crippen molar-refractivity contribution in [2.24, 2.45) is 0 Å². The van der Waals surface area contributed by atoms with Gasteiger partial charge in [0.25, 0.3) is 5.91 Å². The van der Waals surface area contributed by atoms with Crippen LogP contribution < -0.4 is 10.2 Å². The summed E-state index contributed by atoms with van der Waals surface area (Å²) in [4.78, 5) is 30.2. The standard InChI is InChI=1S/C25H21N3O3S/c1-2-28(21-14-10-19(11-15-21)24(30)31)25-27-22(16-32-25)17-8-12-20(13-9-17)26-23(29)18-6-4-3-5-7-18/h3-16H,2H2,1H3,(H,26,29)(H,30,31). The first-order valence-corrected chi connectivity index (χ1v) is 11.0. The molecular formula is C25H21N3O3S. The first-order valence-electron chi connectivity index (χ1n) is 10.1. The highest BCUT2D eigenvalue weighted by Crippen LogP contribution is 2.32. The molecule has 0 saturated carbocycles. The van der Waals surface area contributed by atoms with Crippen molar-refractivity contribution in [2.75, 3.05) is 16.8 Å². The highest BCUT2D eigenvalue weighted by atomic mass is 32.1. The van der Waals surface area contributed by atoms with E-state index >= 15 is 0 Å². The van der Waals surface area contributed by atoms with Gasteiger partial charge in [-0.25, -0.2) is 9.78 Å². The van der Waals surface area contributed by atoms with E-state index in [1.165, 1.54) is 11.3 Å². The average Bonchev–Trinajstić information content (AvgIpc) is 3.31. The summed E-state index contributed by atoms with van der Waals surface area (Å²) in [7, 11) is 0. The second-order valence-electron chi connectivity index (χ2n) is 7.01. The first-order chi connectivity index (χ1) is 15.5. The van der Waals surface area contributed by atoms with Gasteiger partial charge in [0.15, 0.2) is 5.13 Å². The van der Waals surface area contributed by atoms with Crippen molar-refractivity contribution < 1.29 is 14.7 Å². The van der Waals surface area contributed by atoms with Gasteiger partial charge in [0.05, 0.1) is 11.3 Å². The van der Waals surface area contributed by atoms with Crippen LogP contribution in [0.5, 0.6) is 0 Å². The molecule has 4 rings (SSSR count). The number of aromatic nitrogens is 1. The van der Waals surface area contributed by atoms with E-state index in [9.17, 15) is 9.59 Å². The number of nitrogens with one attached hydrogen (secondary N) is 1. The lowest BCUT2D eigenvalue weighted by atomic mass is 10.1. The van der Waals surface area contributed by atoms with Crippen LogP contribution in [0, 0.1) is 0 Å². The van der Waals surface area contributed by atoms with Gasteiger partial charge in [-0.2, -0.15) is 0 Å². The van der Waals surface area contributed by atoms with Gasteiger partial charge in [-0.05, 0) is 55.5 Å². The van der Waals surface area contributed by atoms with Gasteiger partial charge < -0.3 is 15.3 Å². The third-order valence-electron chi connectivity index (χ3n) is 4.94. The topological polar surface area (TPSA) is 82.5 Å². The van der Waals surface area contributed by atoms with Crippen LogP contribution in [0.15, 0.2) is 84.2 Å². The molecule has 32 heavy (non-hydrogen) atoms. The summed E-state index contributed by atoms with van der Waals surface area (Å²) < 4.78 is 0. The Hall–Kier alpha value is -3.97. The van der Waals surface area contributed by atoms with Crippen molar-refractivity contribution in [1.82, 2.24) is 4.98 Å². The molecule has 0 saturated heterocycles. The third-order valence-corrected chi connectivity index (χ3v) is 5.80. The number of carbonyl (C=O) groups excluding carboxylic acids is 1. The van der Waals surface area contributed by atoms with Crippen molar-refractivity contribution in [3.63, 3.8) is 0 Å². The molecule has 2 N–H and O–H groups in total. The number of carboxylic acid groups (broad SMARTS) is 1. The number of thiazole rings is 1. The summed E-state index contributed by atoms with van der Waals surface area (Å²) >= 11 is 1.52. The van der Waals surface area contributed by atoms with Crippen LogP contribution in [-0.2, 0) is 0 Å². The third kappa shape index (κ3) is 4.68. The number of benzene rings is 3. The predicted molar refractivity (Wildman–Crippen MR) is 128 cm³/mol. The van der Waals surface area contributed by atoms with E-state index in [2.05, 4.69) is 5.32 Å². The van der Waals surface area contributed by atoms with Crippen LogP contribution in [-0.4, -0.2) is 28.5 Å². The van der Waals surface area contributed by atoms with Crippen molar-refractivity contribution in [1.29, 1.82) is 0 Å². The van der Waals surface area contributed by atoms with Gasteiger partial charge in [0.1, 0.15) is 0 Å². The second-order valence-corrected chi connectivity index (χ2v) is 7.85. The molecule has 0 unspecified atom stereocenters. The Kier molecular flexibility index (Phi) is 6.28. The fourth-order valence-corrected chi connectivity index (χ4v) is 4.17. The zero-order chi connectivity index (χ0) is 22.5. The summed E-state index contributed by atoms with van der Waals surface area (Å²) in [6, 6.07) is 23.4. The Morgan fingerprint density at radius 1 is 0.938 bits per heavy atom. The lowest BCUT2D eigenvalue weighted by molar-refractivity contribution is 0.0696. The van der Waals surface area contributed by atoms with E-state index < -0.39 is 5.97 Å². The maximum absolute atomic E-state index is 12.3. The van der Waals surface area contributed by atoms with Gasteiger partial charge in [0.2, 0.25) is 0 Å². The molecule has 0 atom stereocenters. The van der Waals surface area contributed by atoms with Crippen LogP contribution in [0.4, 0.5) is 16.5 Å². The number of nitrogens with zero attached hydrogens (tertiary/aromatic N) is 2. The van der Waals surface area contributed by atoms with Crippen molar-refractivity contribution >= 4 is 39.7 Å². The van der Waals surface area contributed by atoms with Crippen molar-refractivity contribution in [3.8, 4) is 11.3 Å². The Bertz CT molecular complexity index is 1220. The molecule has 0 bridgehead atoms. The summed E-state index contributed by atoms with van der Waals surface area (Å²) in [5.41, 5.74) is 4.25. The molecule has 160 valence electrons. The monoisotopic (exact) mass is 443 g/mol. The zero-order valence-corrected chi connectivity index (χ0v) is 18.2. The fraction of sp³-hybridized carbons (Fsp3) is 0.0800. The van der Waals surface area contributed by atoms with Crippen LogP contribution in [0.1, 0.15) is 27.6 Å². The zero-order valence-electron chi connectivity index (χ0n) is 17.4. The smallest absolute Gasteiger partial charge is 0.335 e. The van der Waals surface area contributed by atoms with Gasteiger partial charge >= 0.3 is 5.97 Å². The summed E-state index contributed by atoms with van der Waals surface area (Å²) in [6.45, 7) is 2.72. The predicted octanol–water partition coefficient (Wildman–Crippen LogP) is 5.92. The number of amides is 1. The van der Waals surface area contributed by atoms with Gasteiger partial charge in [0, 0.05) is 34.4 Å². The Labute approximate surface area is 189 Å². The molecule has 0 fully saturated rings. The highest BCUT2D eigenvalue weighted by molar-refractivity contribution is 7.14. The molecule has 7 heteroatoms. The molecule has 0 aliphatic heterocycles. The Morgan fingerprint density at radius 3 is 2.25 bits per heavy atom. The molecule has 3 aromatic carbocycles. The molecule has 1 aromatic heterocycles. The van der Waals surface area contributed by atoms with E-state index in [0.717, 1.165) is 22.1 Å². The molecular weight excluding hydrogens is 422 g/mol. The van der Waals surface area contributed by atoms with Crippen molar-refractivity contribution in [3.05, 3.63) is 95.4 Å². The number of hydrogen-bond donors (Lipinski definition) is 2. The molecule has 1 amide bonds. The van der Waals surface area contributed by atoms with Gasteiger partial charge in [-0.1, -0.05) is 30.3 Å².